The number of carbonyl (C=O) groups excluding carboxylic acids is 1. The highest BCUT2D eigenvalue weighted by molar-refractivity contribution is 5.80. The van der Waals surface area contributed by atoms with Gasteiger partial charge in [0.1, 0.15) is 12.2 Å². The van der Waals surface area contributed by atoms with Crippen molar-refractivity contribution in [2.24, 2.45) is 5.92 Å². The molecule has 1 atom stereocenters. The number of likely N-dealkylation sites (tertiary alicyclic amines) is 1. The summed E-state index contributed by atoms with van der Waals surface area (Å²) in [4.78, 5) is 18.2. The maximum Gasteiger partial charge on any atom is 0.226 e. The number of rotatable bonds is 3. The van der Waals surface area contributed by atoms with E-state index in [4.69, 9.17) is 10.00 Å². The summed E-state index contributed by atoms with van der Waals surface area (Å²) in [5, 5.41) is 8.71. The van der Waals surface area contributed by atoms with Gasteiger partial charge in [0.2, 0.25) is 11.8 Å². The highest BCUT2D eigenvalue weighted by atomic mass is 16.5. The van der Waals surface area contributed by atoms with Gasteiger partial charge in [0.05, 0.1) is 18.7 Å². The van der Waals surface area contributed by atoms with Crippen LogP contribution in [0.5, 0.6) is 5.88 Å². The van der Waals surface area contributed by atoms with Crippen molar-refractivity contribution in [3.8, 4) is 11.9 Å². The quantitative estimate of drug-likeness (QED) is 0.795. The zero-order valence-electron chi connectivity index (χ0n) is 11.7. The van der Waals surface area contributed by atoms with Crippen molar-refractivity contribution in [2.75, 3.05) is 13.1 Å². The molecule has 0 aromatic carbocycles. The second-order valence-electron chi connectivity index (χ2n) is 5.46. The number of hydrogen-bond acceptors (Lipinski definition) is 4. The Morgan fingerprint density at radius 2 is 2.24 bits per heavy atom. The number of nitriles is 1. The number of ether oxygens (including phenoxy) is 1. The third kappa shape index (κ3) is 3.05. The topological polar surface area (TPSA) is 66.2 Å². The third-order valence-corrected chi connectivity index (χ3v) is 3.93. The Morgan fingerprint density at radius 3 is 2.86 bits per heavy atom. The molecule has 1 aromatic heterocycles. The summed E-state index contributed by atoms with van der Waals surface area (Å²) in [6.45, 7) is 1.25. The molecular weight excluding hydrogens is 266 g/mol. The minimum Gasteiger partial charge on any atom is -0.471 e. The fourth-order valence-electron chi connectivity index (χ4n) is 2.66. The van der Waals surface area contributed by atoms with Crippen LogP contribution in [-0.2, 0) is 4.79 Å². The van der Waals surface area contributed by atoms with E-state index in [1.54, 1.807) is 12.1 Å². The normalized spacial score (nSPS) is 21.5. The van der Waals surface area contributed by atoms with Gasteiger partial charge in [0.25, 0.3) is 0 Å². The number of amides is 1. The van der Waals surface area contributed by atoms with Crippen LogP contribution >= 0.6 is 0 Å². The monoisotopic (exact) mass is 283 g/mol. The van der Waals surface area contributed by atoms with Crippen molar-refractivity contribution >= 4 is 5.91 Å². The van der Waals surface area contributed by atoms with Crippen LogP contribution in [0.4, 0.5) is 0 Å². The maximum atomic E-state index is 12.2. The van der Waals surface area contributed by atoms with Crippen molar-refractivity contribution in [1.82, 2.24) is 9.88 Å². The van der Waals surface area contributed by atoms with E-state index in [2.05, 4.69) is 17.1 Å². The fraction of sp³-hybridized carbons (Fsp3) is 0.438. The molecule has 108 valence electrons. The first-order valence-electron chi connectivity index (χ1n) is 7.23. The summed E-state index contributed by atoms with van der Waals surface area (Å²) in [5.41, 5.74) is 0.512. The average molecular weight is 283 g/mol. The molecule has 5 nitrogen and oxygen atoms in total. The maximum absolute atomic E-state index is 12.2. The van der Waals surface area contributed by atoms with Crippen molar-refractivity contribution in [1.29, 1.82) is 5.26 Å². The standard InChI is InChI=1S/C16H17N3O2/c17-8-12-6-7-15(18-9-12)21-14-10-19(11-14)16(20)13-4-2-1-3-5-13/h1-2,6-7,9,13-14H,3-5,10-11H2. The van der Waals surface area contributed by atoms with Gasteiger partial charge in [-0.25, -0.2) is 4.98 Å². The summed E-state index contributed by atoms with van der Waals surface area (Å²) < 4.78 is 5.69. The van der Waals surface area contributed by atoms with E-state index in [0.29, 0.717) is 24.5 Å². The molecule has 0 saturated carbocycles. The molecule has 21 heavy (non-hydrogen) atoms. The SMILES string of the molecule is N#Cc1ccc(OC2CN(C(=O)C3CC=CCC3)C2)nc1. The molecule has 0 spiro atoms. The molecule has 0 bridgehead atoms. The molecule has 2 aliphatic rings. The second-order valence-corrected chi connectivity index (χ2v) is 5.46. The van der Waals surface area contributed by atoms with Gasteiger partial charge in [0, 0.05) is 18.2 Å². The van der Waals surface area contributed by atoms with Gasteiger partial charge in [-0.3, -0.25) is 4.79 Å². The average Bonchev–Trinajstić information content (AvgIpc) is 2.51. The van der Waals surface area contributed by atoms with Crippen molar-refractivity contribution in [3.05, 3.63) is 36.0 Å². The molecule has 0 N–H and O–H groups in total. The lowest BCUT2D eigenvalue weighted by Gasteiger charge is -2.40. The number of hydrogen-bond donors (Lipinski definition) is 0. The Balaban J connectivity index is 1.48. The van der Waals surface area contributed by atoms with E-state index in [-0.39, 0.29) is 17.9 Å². The Kier molecular flexibility index (Phi) is 3.87. The van der Waals surface area contributed by atoms with E-state index in [1.165, 1.54) is 6.20 Å². The lowest BCUT2D eigenvalue weighted by Crippen LogP contribution is -2.57. The van der Waals surface area contributed by atoms with Crippen LogP contribution in [0, 0.1) is 17.2 Å². The molecule has 1 amide bonds. The van der Waals surface area contributed by atoms with Crippen LogP contribution in [0.1, 0.15) is 24.8 Å². The highest BCUT2D eigenvalue weighted by Crippen LogP contribution is 2.24. The van der Waals surface area contributed by atoms with Gasteiger partial charge in [-0.1, -0.05) is 12.2 Å². The Morgan fingerprint density at radius 1 is 1.38 bits per heavy atom. The first-order chi connectivity index (χ1) is 10.3. The van der Waals surface area contributed by atoms with E-state index in [9.17, 15) is 4.79 Å². The van der Waals surface area contributed by atoms with E-state index in [0.717, 1.165) is 19.3 Å². The molecule has 5 heteroatoms. The van der Waals surface area contributed by atoms with Gasteiger partial charge < -0.3 is 9.64 Å². The molecule has 1 fully saturated rings. The van der Waals surface area contributed by atoms with Crippen LogP contribution in [0.15, 0.2) is 30.5 Å². The lowest BCUT2D eigenvalue weighted by molar-refractivity contribution is -0.144. The van der Waals surface area contributed by atoms with Crippen LogP contribution in [0.25, 0.3) is 0 Å². The molecule has 1 aliphatic carbocycles. The van der Waals surface area contributed by atoms with Crippen molar-refractivity contribution in [2.45, 2.75) is 25.4 Å². The number of aromatic nitrogens is 1. The molecule has 1 saturated heterocycles. The number of pyridine rings is 1. The van der Waals surface area contributed by atoms with E-state index >= 15 is 0 Å². The summed E-state index contributed by atoms with van der Waals surface area (Å²) >= 11 is 0. The van der Waals surface area contributed by atoms with Gasteiger partial charge in [-0.2, -0.15) is 5.26 Å². The van der Waals surface area contributed by atoms with E-state index < -0.39 is 0 Å². The first kappa shape index (κ1) is 13.6. The van der Waals surface area contributed by atoms with Crippen LogP contribution in [0.2, 0.25) is 0 Å². The highest BCUT2D eigenvalue weighted by Gasteiger charge is 2.35. The van der Waals surface area contributed by atoms with Crippen molar-refractivity contribution in [3.63, 3.8) is 0 Å². The summed E-state index contributed by atoms with van der Waals surface area (Å²) in [7, 11) is 0. The molecule has 1 aliphatic heterocycles. The largest absolute Gasteiger partial charge is 0.471 e. The molecule has 3 rings (SSSR count). The second kappa shape index (κ2) is 5.96. The Bertz CT molecular complexity index is 583. The van der Waals surface area contributed by atoms with Gasteiger partial charge >= 0.3 is 0 Å². The Hall–Kier alpha value is -2.35. The molecule has 2 heterocycles. The minimum atomic E-state index is 0.00789. The Labute approximate surface area is 123 Å². The summed E-state index contributed by atoms with van der Waals surface area (Å²) in [5.74, 6) is 0.891. The van der Waals surface area contributed by atoms with Gasteiger partial charge in [-0.15, -0.1) is 0 Å². The molecule has 1 aromatic rings. The van der Waals surface area contributed by atoms with Crippen LogP contribution < -0.4 is 4.74 Å². The minimum absolute atomic E-state index is 0.00789. The van der Waals surface area contributed by atoms with Crippen LogP contribution in [0.3, 0.4) is 0 Å². The summed E-state index contributed by atoms with van der Waals surface area (Å²) in [6.07, 6.45) is 8.55. The zero-order valence-corrected chi connectivity index (χ0v) is 11.7. The number of allylic oxidation sites excluding steroid dienone is 2. The third-order valence-electron chi connectivity index (χ3n) is 3.93. The van der Waals surface area contributed by atoms with Gasteiger partial charge in [0.15, 0.2) is 0 Å². The fourth-order valence-corrected chi connectivity index (χ4v) is 2.66. The predicted molar refractivity (Wildman–Crippen MR) is 76.4 cm³/mol. The summed E-state index contributed by atoms with van der Waals surface area (Å²) in [6, 6.07) is 5.39. The van der Waals surface area contributed by atoms with Crippen LogP contribution in [-0.4, -0.2) is 35.0 Å². The molecular formula is C16H17N3O2. The van der Waals surface area contributed by atoms with Crippen molar-refractivity contribution < 1.29 is 9.53 Å². The van der Waals surface area contributed by atoms with Gasteiger partial charge in [-0.05, 0) is 25.3 Å². The number of nitrogens with zero attached hydrogens (tertiary/aromatic N) is 3. The first-order valence-corrected chi connectivity index (χ1v) is 7.23. The smallest absolute Gasteiger partial charge is 0.226 e. The predicted octanol–water partition coefficient (Wildman–Crippen LogP) is 1.90. The molecule has 0 radical (unpaired) electrons. The molecule has 1 unspecified atom stereocenters. The van der Waals surface area contributed by atoms with E-state index in [1.807, 2.05) is 11.0 Å². The number of carbonyl (C=O) groups is 1. The zero-order chi connectivity index (χ0) is 14.7. The lowest BCUT2D eigenvalue weighted by atomic mass is 9.92.